The molecule has 1 heterocycles. The van der Waals surface area contributed by atoms with E-state index in [1.54, 1.807) is 24.3 Å². The lowest BCUT2D eigenvalue weighted by atomic mass is 9.88. The van der Waals surface area contributed by atoms with Gasteiger partial charge in [0.25, 0.3) is 0 Å². The summed E-state index contributed by atoms with van der Waals surface area (Å²) in [5, 5.41) is 8.71. The number of nitriles is 1. The first-order valence-corrected chi connectivity index (χ1v) is 6.49. The van der Waals surface area contributed by atoms with Gasteiger partial charge in [-0.1, -0.05) is 12.1 Å². The third kappa shape index (κ3) is 2.77. The molecule has 0 radical (unpaired) electrons. The summed E-state index contributed by atoms with van der Waals surface area (Å²) in [6, 6.07) is 8.28. The van der Waals surface area contributed by atoms with Gasteiger partial charge in [0.15, 0.2) is 0 Å². The van der Waals surface area contributed by atoms with Crippen molar-refractivity contribution in [1.82, 2.24) is 0 Å². The molecule has 0 saturated carbocycles. The maximum atomic E-state index is 14.1. The fourth-order valence-electron chi connectivity index (χ4n) is 1.88. The van der Waals surface area contributed by atoms with E-state index in [1.807, 2.05) is 33.8 Å². The molecule has 0 spiro atoms. The summed E-state index contributed by atoms with van der Waals surface area (Å²) in [6.07, 6.45) is 0. The molecule has 3 nitrogen and oxygen atoms in total. The lowest BCUT2D eigenvalue weighted by Crippen LogP contribution is -2.41. The summed E-state index contributed by atoms with van der Waals surface area (Å²) in [6.45, 7) is 7.67. The zero-order chi connectivity index (χ0) is 15.0. The Kier molecular flexibility index (Phi) is 3.72. The predicted molar refractivity (Wildman–Crippen MR) is 76.3 cm³/mol. The average molecular weight is 273 g/mol. The van der Waals surface area contributed by atoms with Crippen LogP contribution < -0.4 is 0 Å². The molecule has 1 aromatic carbocycles. The first-order valence-electron chi connectivity index (χ1n) is 6.49. The predicted octanol–water partition coefficient (Wildman–Crippen LogP) is 3.50. The van der Waals surface area contributed by atoms with E-state index < -0.39 is 24.1 Å². The number of rotatable bonds is 2. The largest absolute Gasteiger partial charge is 0.490 e. The molecule has 0 bridgehead atoms. The van der Waals surface area contributed by atoms with Gasteiger partial charge in [0.2, 0.25) is 0 Å². The third-order valence-corrected chi connectivity index (χ3v) is 3.84. The van der Waals surface area contributed by atoms with Gasteiger partial charge in [-0.15, -0.1) is 0 Å². The molecule has 1 saturated heterocycles. The highest BCUT2D eigenvalue weighted by atomic mass is 19.1. The average Bonchev–Trinajstić information content (AvgIpc) is 2.57. The minimum absolute atomic E-state index is 0.402. The van der Waals surface area contributed by atoms with E-state index in [0.717, 1.165) is 0 Å². The molecule has 104 valence electrons. The molecule has 0 aliphatic carbocycles. The van der Waals surface area contributed by atoms with Crippen LogP contribution in [0.2, 0.25) is 0 Å². The Morgan fingerprint density at radius 3 is 2.10 bits per heavy atom. The normalized spacial score (nSPS) is 20.8. The van der Waals surface area contributed by atoms with Crippen LogP contribution in [0, 0.1) is 11.3 Å². The fraction of sp³-hybridized carbons (Fsp3) is 0.400. The molecule has 0 N–H and O–H groups in total. The van der Waals surface area contributed by atoms with Gasteiger partial charge in [0, 0.05) is 5.56 Å². The lowest BCUT2D eigenvalue weighted by Gasteiger charge is -2.32. The lowest BCUT2D eigenvalue weighted by molar-refractivity contribution is 0.00578. The van der Waals surface area contributed by atoms with Crippen molar-refractivity contribution in [3.63, 3.8) is 0 Å². The molecule has 5 heteroatoms. The van der Waals surface area contributed by atoms with Crippen LogP contribution in [0.25, 0.3) is 5.83 Å². The maximum absolute atomic E-state index is 14.1. The Bertz CT molecular complexity index is 557. The highest BCUT2D eigenvalue weighted by Gasteiger charge is 2.50. The van der Waals surface area contributed by atoms with Crippen LogP contribution in [0.3, 0.4) is 0 Å². The molecular formula is C15H17BFNO2. The van der Waals surface area contributed by atoms with Gasteiger partial charge in [-0.25, -0.2) is 4.39 Å². The summed E-state index contributed by atoms with van der Waals surface area (Å²) in [5.74, 6) is 0.894. The second kappa shape index (κ2) is 5.04. The van der Waals surface area contributed by atoms with Crippen LogP contribution in [-0.4, -0.2) is 18.3 Å². The Morgan fingerprint density at radius 1 is 1.15 bits per heavy atom. The van der Waals surface area contributed by atoms with Crippen LogP contribution >= 0.6 is 0 Å². The van der Waals surface area contributed by atoms with Gasteiger partial charge >= 0.3 is 7.12 Å². The summed E-state index contributed by atoms with van der Waals surface area (Å²) in [4.78, 5) is 0. The number of benzene rings is 1. The van der Waals surface area contributed by atoms with Gasteiger partial charge in [-0.05, 0) is 45.8 Å². The van der Waals surface area contributed by atoms with E-state index in [9.17, 15) is 4.39 Å². The van der Waals surface area contributed by atoms with E-state index in [0.29, 0.717) is 11.1 Å². The Hall–Kier alpha value is -1.64. The van der Waals surface area contributed by atoms with Crippen molar-refractivity contribution in [2.75, 3.05) is 0 Å². The second-order valence-corrected chi connectivity index (χ2v) is 5.83. The quantitative estimate of drug-likeness (QED) is 0.774. The van der Waals surface area contributed by atoms with Gasteiger partial charge in [0.1, 0.15) is 5.83 Å². The number of nitrogens with zero attached hydrogens (tertiary/aromatic N) is 1. The topological polar surface area (TPSA) is 42.2 Å². The molecule has 20 heavy (non-hydrogen) atoms. The minimum atomic E-state index is -0.712. The Morgan fingerprint density at radius 2 is 1.65 bits per heavy atom. The van der Waals surface area contributed by atoms with Crippen LogP contribution in [0.5, 0.6) is 0 Å². The van der Waals surface area contributed by atoms with Crippen molar-refractivity contribution in [2.24, 2.45) is 0 Å². The highest BCUT2D eigenvalue weighted by Crippen LogP contribution is 2.37. The number of hydrogen-bond acceptors (Lipinski definition) is 3. The summed E-state index contributed by atoms with van der Waals surface area (Å²) >= 11 is 0. The van der Waals surface area contributed by atoms with Crippen LogP contribution in [0.4, 0.5) is 4.39 Å². The molecule has 0 atom stereocenters. The molecule has 0 unspecified atom stereocenters. The van der Waals surface area contributed by atoms with Gasteiger partial charge in [-0.3, -0.25) is 0 Å². The zero-order valence-corrected chi connectivity index (χ0v) is 12.1. The van der Waals surface area contributed by atoms with Crippen LogP contribution in [-0.2, 0) is 9.31 Å². The van der Waals surface area contributed by atoms with E-state index in [-0.39, 0.29) is 0 Å². The molecule has 0 amide bonds. The van der Waals surface area contributed by atoms with E-state index in [1.165, 1.54) is 5.98 Å². The van der Waals surface area contributed by atoms with Gasteiger partial charge in [-0.2, -0.15) is 5.26 Å². The second-order valence-electron chi connectivity index (χ2n) is 5.83. The molecule has 1 aliphatic rings. The molecular weight excluding hydrogens is 256 g/mol. The monoisotopic (exact) mass is 273 g/mol. The smallest absolute Gasteiger partial charge is 0.400 e. The van der Waals surface area contributed by atoms with Crippen molar-refractivity contribution in [1.29, 1.82) is 5.26 Å². The minimum Gasteiger partial charge on any atom is -0.400 e. The number of halogens is 1. The van der Waals surface area contributed by atoms with E-state index >= 15 is 0 Å². The molecule has 0 aromatic heterocycles. The van der Waals surface area contributed by atoms with Crippen molar-refractivity contribution >= 4 is 12.9 Å². The van der Waals surface area contributed by atoms with E-state index in [2.05, 4.69) is 0 Å². The zero-order valence-electron chi connectivity index (χ0n) is 12.1. The Balaban J connectivity index is 2.17. The first-order chi connectivity index (χ1) is 9.25. The van der Waals surface area contributed by atoms with Gasteiger partial charge < -0.3 is 9.31 Å². The third-order valence-electron chi connectivity index (χ3n) is 3.84. The Labute approximate surface area is 119 Å². The maximum Gasteiger partial charge on any atom is 0.490 e. The van der Waals surface area contributed by atoms with E-state index in [4.69, 9.17) is 14.6 Å². The van der Waals surface area contributed by atoms with Gasteiger partial charge in [0.05, 0.1) is 22.8 Å². The van der Waals surface area contributed by atoms with Crippen molar-refractivity contribution in [3.05, 3.63) is 41.4 Å². The highest BCUT2D eigenvalue weighted by molar-refractivity contribution is 6.53. The number of hydrogen-bond donors (Lipinski definition) is 0. The SMILES string of the molecule is CC1(C)OB(/C=C(\F)c2ccc(C#N)cc2)OC1(C)C. The summed E-state index contributed by atoms with van der Waals surface area (Å²) < 4.78 is 25.6. The molecule has 1 aliphatic heterocycles. The first kappa shape index (κ1) is 14.8. The van der Waals surface area contributed by atoms with Crippen molar-refractivity contribution < 1.29 is 13.7 Å². The summed E-state index contributed by atoms with van der Waals surface area (Å²) in [5.41, 5.74) is -0.0750. The standard InChI is InChI=1S/C15H17BFNO2/c1-14(2)15(3,4)20-16(19-14)9-13(17)12-7-5-11(10-18)6-8-12/h5-9H,1-4H3/b13-9-. The molecule has 1 fully saturated rings. The molecule has 2 rings (SSSR count). The van der Waals surface area contributed by atoms with Crippen molar-refractivity contribution in [3.8, 4) is 6.07 Å². The molecule has 1 aromatic rings. The van der Waals surface area contributed by atoms with Crippen LogP contribution in [0.1, 0.15) is 38.8 Å². The fourth-order valence-corrected chi connectivity index (χ4v) is 1.88. The summed E-state index contributed by atoms with van der Waals surface area (Å²) in [7, 11) is -0.712. The van der Waals surface area contributed by atoms with Crippen LogP contribution in [0.15, 0.2) is 30.2 Å². The van der Waals surface area contributed by atoms with Crippen molar-refractivity contribution in [2.45, 2.75) is 38.9 Å².